The average molecular weight is 434 g/mol. The number of ether oxygens (including phenoxy) is 1. The molecule has 2 aliphatic rings. The van der Waals surface area contributed by atoms with Crippen LogP contribution in [0.1, 0.15) is 30.4 Å². The first-order valence-corrected chi connectivity index (χ1v) is 8.06. The van der Waals surface area contributed by atoms with Gasteiger partial charge in [-0.3, -0.25) is 9.89 Å². The minimum atomic E-state index is 0. The zero-order valence-electron chi connectivity index (χ0n) is 13.9. The third-order valence-corrected chi connectivity index (χ3v) is 4.46. The predicted octanol–water partition coefficient (Wildman–Crippen LogP) is 1.99. The van der Waals surface area contributed by atoms with Crippen LogP contribution in [0.25, 0.3) is 0 Å². The molecule has 2 heterocycles. The molecule has 2 fully saturated rings. The van der Waals surface area contributed by atoms with Gasteiger partial charge in [0.25, 0.3) is 0 Å². The first-order valence-electron chi connectivity index (χ1n) is 8.06. The van der Waals surface area contributed by atoms with E-state index >= 15 is 0 Å². The molecule has 1 aliphatic carbocycles. The van der Waals surface area contributed by atoms with Gasteiger partial charge in [0.15, 0.2) is 5.96 Å². The Labute approximate surface area is 155 Å². The van der Waals surface area contributed by atoms with Crippen LogP contribution in [0.2, 0.25) is 0 Å². The van der Waals surface area contributed by atoms with Gasteiger partial charge in [0.1, 0.15) is 11.5 Å². The van der Waals surface area contributed by atoms with Gasteiger partial charge in [0.2, 0.25) is 0 Å². The highest BCUT2D eigenvalue weighted by Crippen LogP contribution is 2.26. The molecule has 0 radical (unpaired) electrons. The maximum atomic E-state index is 6.12. The third kappa shape index (κ3) is 4.84. The fraction of sp³-hybridized carbons (Fsp3) is 0.688. The molecule has 6 nitrogen and oxygen atoms in total. The molecule has 0 bridgehead atoms. The predicted molar refractivity (Wildman–Crippen MR) is 101 cm³/mol. The van der Waals surface area contributed by atoms with E-state index in [0.717, 1.165) is 37.8 Å². The second kappa shape index (κ2) is 8.34. The lowest BCUT2D eigenvalue weighted by atomic mass is 10.1. The summed E-state index contributed by atoms with van der Waals surface area (Å²) in [5, 5.41) is 0. The van der Waals surface area contributed by atoms with Crippen LogP contribution in [0.15, 0.2) is 21.5 Å². The van der Waals surface area contributed by atoms with E-state index in [1.165, 1.54) is 12.8 Å². The summed E-state index contributed by atoms with van der Waals surface area (Å²) < 4.78 is 11.3. The number of hydrogen-bond acceptors (Lipinski definition) is 4. The van der Waals surface area contributed by atoms with Gasteiger partial charge in [-0.05, 0) is 31.9 Å². The van der Waals surface area contributed by atoms with Gasteiger partial charge in [-0.1, -0.05) is 0 Å². The fourth-order valence-electron chi connectivity index (χ4n) is 2.85. The summed E-state index contributed by atoms with van der Waals surface area (Å²) in [5.74, 6) is 2.52. The summed E-state index contributed by atoms with van der Waals surface area (Å²) in [4.78, 5) is 9.08. The summed E-state index contributed by atoms with van der Waals surface area (Å²) in [7, 11) is 2.03. The van der Waals surface area contributed by atoms with E-state index < -0.39 is 0 Å². The fourth-order valence-corrected chi connectivity index (χ4v) is 2.85. The normalized spacial score (nSPS) is 20.9. The molecule has 3 rings (SSSR count). The lowest BCUT2D eigenvalue weighted by Gasteiger charge is -2.32. The molecule has 7 heteroatoms. The number of halogens is 1. The third-order valence-electron chi connectivity index (χ3n) is 4.46. The van der Waals surface area contributed by atoms with Crippen LogP contribution in [0.5, 0.6) is 0 Å². The topological polar surface area (TPSA) is 67.2 Å². The van der Waals surface area contributed by atoms with Gasteiger partial charge < -0.3 is 19.8 Å². The van der Waals surface area contributed by atoms with Crippen molar-refractivity contribution in [3.8, 4) is 0 Å². The number of aryl methyl sites for hydroxylation is 1. The second-order valence-corrected chi connectivity index (χ2v) is 6.15. The van der Waals surface area contributed by atoms with Crippen molar-refractivity contribution in [2.75, 3.05) is 39.9 Å². The summed E-state index contributed by atoms with van der Waals surface area (Å²) in [5.41, 5.74) is 6.12. The molecular formula is C16H27IN4O2. The van der Waals surface area contributed by atoms with Crippen molar-refractivity contribution in [3.63, 3.8) is 0 Å². The Morgan fingerprint density at radius 1 is 1.39 bits per heavy atom. The van der Waals surface area contributed by atoms with E-state index in [1.54, 1.807) is 0 Å². The van der Waals surface area contributed by atoms with Crippen LogP contribution in [0.4, 0.5) is 0 Å². The van der Waals surface area contributed by atoms with E-state index in [9.17, 15) is 0 Å². The molecule has 1 aliphatic heterocycles. The number of morpholine rings is 1. The van der Waals surface area contributed by atoms with Gasteiger partial charge in [-0.25, -0.2) is 0 Å². The molecule has 1 unspecified atom stereocenters. The van der Waals surface area contributed by atoms with Crippen LogP contribution >= 0.6 is 24.0 Å². The van der Waals surface area contributed by atoms with E-state index in [4.69, 9.17) is 14.9 Å². The molecule has 1 saturated carbocycles. The number of aliphatic imine (C=N–C) groups is 1. The van der Waals surface area contributed by atoms with Gasteiger partial charge in [-0.15, -0.1) is 24.0 Å². The van der Waals surface area contributed by atoms with E-state index in [2.05, 4.69) is 14.8 Å². The Kier molecular flexibility index (Phi) is 6.72. The maximum Gasteiger partial charge on any atom is 0.191 e. The van der Waals surface area contributed by atoms with Crippen molar-refractivity contribution in [1.29, 1.82) is 0 Å². The quantitative estimate of drug-likeness (QED) is 0.436. The van der Waals surface area contributed by atoms with Crippen LogP contribution in [-0.2, 0) is 4.74 Å². The van der Waals surface area contributed by atoms with Crippen LogP contribution < -0.4 is 5.73 Å². The second-order valence-electron chi connectivity index (χ2n) is 6.15. The van der Waals surface area contributed by atoms with Crippen molar-refractivity contribution in [1.82, 2.24) is 9.80 Å². The standard InChI is InChI=1S/C16H26N4O2.HI/c1-12-3-6-15(22-12)14(20-7-9-21-10-8-20)11-18-16(17)19(2)13-4-5-13;/h3,6,13-14H,4-5,7-11H2,1-2H3,(H2,17,18);1H. The smallest absolute Gasteiger partial charge is 0.191 e. The molecule has 1 atom stereocenters. The number of rotatable bonds is 5. The summed E-state index contributed by atoms with van der Waals surface area (Å²) in [6, 6.07) is 4.76. The molecule has 0 aromatic carbocycles. The average Bonchev–Trinajstić information content (AvgIpc) is 3.30. The lowest BCUT2D eigenvalue weighted by molar-refractivity contribution is 0.0135. The molecule has 1 aromatic rings. The van der Waals surface area contributed by atoms with Crippen molar-refractivity contribution >= 4 is 29.9 Å². The van der Waals surface area contributed by atoms with Crippen molar-refractivity contribution in [2.45, 2.75) is 31.8 Å². The Balaban J connectivity index is 0.00000192. The highest BCUT2D eigenvalue weighted by molar-refractivity contribution is 14.0. The Hall–Kier alpha value is -0.800. The summed E-state index contributed by atoms with van der Waals surface area (Å²) in [6.45, 7) is 5.92. The number of guanidine groups is 1. The number of nitrogens with two attached hydrogens (primary N) is 1. The Morgan fingerprint density at radius 3 is 2.65 bits per heavy atom. The highest BCUT2D eigenvalue weighted by Gasteiger charge is 2.28. The molecule has 1 aromatic heterocycles. The van der Waals surface area contributed by atoms with E-state index in [1.807, 2.05) is 26.1 Å². The highest BCUT2D eigenvalue weighted by atomic mass is 127. The molecule has 1 saturated heterocycles. The first-order chi connectivity index (χ1) is 10.6. The zero-order chi connectivity index (χ0) is 15.5. The number of nitrogens with zero attached hydrogens (tertiary/aromatic N) is 3. The molecule has 2 N–H and O–H groups in total. The SMILES string of the molecule is Cc1ccc(C(CN=C(N)N(C)C2CC2)N2CCOCC2)o1.I. The minimum Gasteiger partial charge on any atom is -0.465 e. The van der Waals surface area contributed by atoms with Gasteiger partial charge in [0, 0.05) is 26.2 Å². The molecule has 0 spiro atoms. The van der Waals surface area contributed by atoms with Crippen molar-refractivity contribution < 1.29 is 9.15 Å². The summed E-state index contributed by atoms with van der Waals surface area (Å²) in [6.07, 6.45) is 2.44. The number of furan rings is 1. The largest absolute Gasteiger partial charge is 0.465 e. The monoisotopic (exact) mass is 434 g/mol. The van der Waals surface area contributed by atoms with Crippen molar-refractivity contribution in [3.05, 3.63) is 23.7 Å². The Morgan fingerprint density at radius 2 is 2.09 bits per heavy atom. The maximum absolute atomic E-state index is 6.12. The lowest BCUT2D eigenvalue weighted by Crippen LogP contribution is -2.41. The molecule has 23 heavy (non-hydrogen) atoms. The van der Waals surface area contributed by atoms with E-state index in [0.29, 0.717) is 18.5 Å². The van der Waals surface area contributed by atoms with Crippen LogP contribution in [-0.4, -0.2) is 61.7 Å². The molecule has 0 amide bonds. The van der Waals surface area contributed by atoms with Gasteiger partial charge >= 0.3 is 0 Å². The van der Waals surface area contributed by atoms with Gasteiger partial charge in [0.05, 0.1) is 25.8 Å². The van der Waals surface area contributed by atoms with Crippen molar-refractivity contribution in [2.24, 2.45) is 10.7 Å². The molecule has 130 valence electrons. The van der Waals surface area contributed by atoms with E-state index in [-0.39, 0.29) is 30.0 Å². The Bertz CT molecular complexity index is 524. The zero-order valence-corrected chi connectivity index (χ0v) is 16.2. The minimum absolute atomic E-state index is 0. The number of hydrogen-bond donors (Lipinski definition) is 1. The van der Waals surface area contributed by atoms with Crippen LogP contribution in [0.3, 0.4) is 0 Å². The summed E-state index contributed by atoms with van der Waals surface area (Å²) >= 11 is 0. The molecular weight excluding hydrogens is 407 g/mol. The van der Waals surface area contributed by atoms with Crippen LogP contribution in [0, 0.1) is 6.92 Å². The van der Waals surface area contributed by atoms with Gasteiger partial charge in [-0.2, -0.15) is 0 Å². The first kappa shape index (κ1) is 18.5.